The van der Waals surface area contributed by atoms with Crippen molar-refractivity contribution in [3.8, 4) is 0 Å². The van der Waals surface area contributed by atoms with Gasteiger partial charge in [-0.2, -0.15) is 0 Å². The van der Waals surface area contributed by atoms with Crippen LogP contribution in [0.4, 0.5) is 0 Å². The molecule has 0 amide bonds. The molecule has 0 unspecified atom stereocenters. The first-order chi connectivity index (χ1) is 10.9. The van der Waals surface area contributed by atoms with Gasteiger partial charge in [-0.1, -0.05) is 37.3 Å². The third kappa shape index (κ3) is 5.11. The molecule has 0 N–H and O–H groups in total. The highest BCUT2D eigenvalue weighted by Gasteiger charge is 2.39. The van der Waals surface area contributed by atoms with Crippen LogP contribution in [-0.4, -0.2) is 29.7 Å². The molecular formula is C17H25NO5. The fourth-order valence-electron chi connectivity index (χ4n) is 2.65. The van der Waals surface area contributed by atoms with Gasteiger partial charge in [-0.05, 0) is 20.8 Å². The van der Waals surface area contributed by atoms with Crippen LogP contribution in [0.2, 0.25) is 0 Å². The lowest BCUT2D eigenvalue weighted by atomic mass is 9.89. The van der Waals surface area contributed by atoms with Crippen molar-refractivity contribution in [2.75, 3.05) is 13.2 Å². The van der Waals surface area contributed by atoms with E-state index in [4.69, 9.17) is 9.47 Å². The molecule has 0 fully saturated rings. The van der Waals surface area contributed by atoms with Gasteiger partial charge >= 0.3 is 0 Å². The van der Waals surface area contributed by atoms with Crippen molar-refractivity contribution in [3.05, 3.63) is 46.0 Å². The number of Topliss-reactive ketones (excluding diaryl/α,β-unsaturated/α-hetero) is 1. The number of ether oxygens (including phenoxy) is 2. The quantitative estimate of drug-likeness (QED) is 0.374. The van der Waals surface area contributed by atoms with Crippen LogP contribution in [-0.2, 0) is 14.3 Å². The Morgan fingerprint density at radius 1 is 1.22 bits per heavy atom. The second-order valence-corrected chi connectivity index (χ2v) is 5.56. The molecule has 1 aromatic rings. The van der Waals surface area contributed by atoms with E-state index in [9.17, 15) is 14.9 Å². The molecular weight excluding hydrogens is 298 g/mol. The van der Waals surface area contributed by atoms with Crippen LogP contribution in [0.5, 0.6) is 0 Å². The average Bonchev–Trinajstić information content (AvgIpc) is 2.48. The van der Waals surface area contributed by atoms with Gasteiger partial charge in [-0.3, -0.25) is 14.9 Å². The van der Waals surface area contributed by atoms with Crippen LogP contribution in [0.25, 0.3) is 0 Å². The first kappa shape index (κ1) is 19.3. The summed E-state index contributed by atoms with van der Waals surface area (Å²) in [7, 11) is 0. The Hall–Kier alpha value is -1.79. The fraction of sp³-hybridized carbons (Fsp3) is 0.588. The highest BCUT2D eigenvalue weighted by atomic mass is 16.7. The van der Waals surface area contributed by atoms with Gasteiger partial charge in [0.1, 0.15) is 0 Å². The zero-order valence-corrected chi connectivity index (χ0v) is 14.2. The highest BCUT2D eigenvalue weighted by molar-refractivity contribution is 5.85. The molecule has 0 heterocycles. The summed E-state index contributed by atoms with van der Waals surface area (Å²) >= 11 is 0. The zero-order chi connectivity index (χ0) is 17.5. The van der Waals surface area contributed by atoms with E-state index >= 15 is 0 Å². The number of nitrogens with zero attached hydrogens (tertiary/aromatic N) is 1. The van der Waals surface area contributed by atoms with E-state index < -0.39 is 17.7 Å². The molecule has 0 saturated heterocycles. The van der Waals surface area contributed by atoms with Crippen molar-refractivity contribution in [2.24, 2.45) is 5.92 Å². The first-order valence-corrected chi connectivity index (χ1v) is 7.85. The van der Waals surface area contributed by atoms with Gasteiger partial charge in [0.2, 0.25) is 11.8 Å². The molecule has 0 bridgehead atoms. The van der Waals surface area contributed by atoms with Gasteiger partial charge < -0.3 is 9.47 Å². The van der Waals surface area contributed by atoms with E-state index in [2.05, 4.69) is 0 Å². The average molecular weight is 323 g/mol. The molecule has 128 valence electrons. The Morgan fingerprint density at radius 3 is 2.17 bits per heavy atom. The first-order valence-electron chi connectivity index (χ1n) is 7.85. The SMILES string of the molecule is CCOC(C)(OCC)C(=O)C[C@H](C)[C@@H](c1ccccc1)[N+](=O)[O-]. The molecule has 0 aliphatic carbocycles. The van der Waals surface area contributed by atoms with Gasteiger partial charge in [0.15, 0.2) is 5.78 Å². The standard InChI is InChI=1S/C17H25NO5/c1-5-22-17(4,23-6-2)15(19)12-13(3)16(18(20)21)14-10-8-7-9-11-14/h7-11,13,16H,5-6,12H2,1-4H3/t13-,16-/m0/s1. The smallest absolute Gasteiger partial charge is 0.241 e. The second-order valence-electron chi connectivity index (χ2n) is 5.56. The minimum Gasteiger partial charge on any atom is -0.344 e. The number of hydrogen-bond acceptors (Lipinski definition) is 5. The number of benzene rings is 1. The Morgan fingerprint density at radius 2 is 1.74 bits per heavy atom. The summed E-state index contributed by atoms with van der Waals surface area (Å²) in [6.07, 6.45) is 0.0110. The van der Waals surface area contributed by atoms with Crippen LogP contribution in [0, 0.1) is 16.0 Å². The molecule has 0 spiro atoms. The minimum absolute atomic E-state index is 0.0110. The van der Waals surface area contributed by atoms with Gasteiger partial charge in [0.25, 0.3) is 0 Å². The molecule has 6 nitrogen and oxygen atoms in total. The van der Waals surface area contributed by atoms with E-state index in [1.165, 1.54) is 0 Å². The fourth-order valence-corrected chi connectivity index (χ4v) is 2.65. The molecule has 0 aliphatic rings. The number of carbonyl (C=O) groups excluding carboxylic acids is 1. The minimum atomic E-state index is -1.35. The van der Waals surface area contributed by atoms with E-state index in [1.54, 1.807) is 58.0 Å². The van der Waals surface area contributed by atoms with E-state index in [-0.39, 0.29) is 17.1 Å². The largest absolute Gasteiger partial charge is 0.344 e. The highest BCUT2D eigenvalue weighted by Crippen LogP contribution is 2.30. The number of rotatable bonds is 10. The molecule has 0 aliphatic heterocycles. The molecule has 1 rings (SSSR count). The normalized spacial score (nSPS) is 14.3. The van der Waals surface area contributed by atoms with Crippen molar-refractivity contribution < 1.29 is 19.2 Å². The van der Waals surface area contributed by atoms with Gasteiger partial charge in [-0.25, -0.2) is 0 Å². The molecule has 1 aromatic carbocycles. The van der Waals surface area contributed by atoms with E-state index in [0.29, 0.717) is 18.8 Å². The topological polar surface area (TPSA) is 78.7 Å². The van der Waals surface area contributed by atoms with E-state index in [0.717, 1.165) is 0 Å². The maximum absolute atomic E-state index is 12.5. The summed E-state index contributed by atoms with van der Waals surface area (Å²) in [5.74, 6) is -2.10. The molecule has 6 heteroatoms. The summed E-state index contributed by atoms with van der Waals surface area (Å²) in [6, 6.07) is 7.79. The predicted molar refractivity (Wildman–Crippen MR) is 86.6 cm³/mol. The van der Waals surface area contributed by atoms with Crippen molar-refractivity contribution in [3.63, 3.8) is 0 Å². The lowest BCUT2D eigenvalue weighted by molar-refractivity contribution is -0.538. The Kier molecular flexibility index (Phi) is 7.32. The number of nitro groups is 1. The Labute approximate surface area is 136 Å². The van der Waals surface area contributed by atoms with Crippen molar-refractivity contribution in [1.82, 2.24) is 0 Å². The lowest BCUT2D eigenvalue weighted by Crippen LogP contribution is -2.42. The number of hydrogen-bond donors (Lipinski definition) is 0. The molecule has 0 radical (unpaired) electrons. The lowest BCUT2D eigenvalue weighted by Gasteiger charge is -2.29. The molecule has 23 heavy (non-hydrogen) atoms. The van der Waals surface area contributed by atoms with Crippen LogP contribution >= 0.6 is 0 Å². The van der Waals surface area contributed by atoms with Crippen LogP contribution in [0.3, 0.4) is 0 Å². The van der Waals surface area contributed by atoms with Crippen molar-refractivity contribution >= 4 is 5.78 Å². The van der Waals surface area contributed by atoms with Gasteiger partial charge in [0.05, 0.1) is 0 Å². The molecule has 0 aromatic heterocycles. The Bertz CT molecular complexity index is 511. The summed E-state index contributed by atoms with van der Waals surface area (Å²) in [6.45, 7) is 7.48. The zero-order valence-electron chi connectivity index (χ0n) is 14.2. The molecule has 0 saturated carbocycles. The summed E-state index contributed by atoms with van der Waals surface area (Å²) < 4.78 is 10.9. The van der Waals surface area contributed by atoms with Crippen LogP contribution in [0.1, 0.15) is 45.7 Å². The third-order valence-electron chi connectivity index (χ3n) is 3.76. The summed E-state index contributed by atoms with van der Waals surface area (Å²) in [5.41, 5.74) is 0.590. The van der Waals surface area contributed by atoms with Crippen molar-refractivity contribution in [2.45, 2.75) is 45.9 Å². The number of carbonyl (C=O) groups is 1. The monoisotopic (exact) mass is 323 g/mol. The van der Waals surface area contributed by atoms with E-state index in [1.807, 2.05) is 0 Å². The molecule has 2 atom stereocenters. The summed E-state index contributed by atoms with van der Waals surface area (Å²) in [4.78, 5) is 23.7. The maximum Gasteiger partial charge on any atom is 0.241 e. The maximum atomic E-state index is 12.5. The second kappa shape index (κ2) is 8.74. The van der Waals surface area contributed by atoms with Gasteiger partial charge in [0, 0.05) is 36.0 Å². The van der Waals surface area contributed by atoms with Crippen LogP contribution < -0.4 is 0 Å². The summed E-state index contributed by atoms with van der Waals surface area (Å²) in [5, 5.41) is 11.5. The van der Waals surface area contributed by atoms with Gasteiger partial charge in [-0.15, -0.1) is 0 Å². The third-order valence-corrected chi connectivity index (χ3v) is 3.76. The van der Waals surface area contributed by atoms with Crippen molar-refractivity contribution in [1.29, 1.82) is 0 Å². The Balaban J connectivity index is 2.92. The van der Waals surface area contributed by atoms with Crippen LogP contribution in [0.15, 0.2) is 30.3 Å². The predicted octanol–water partition coefficient (Wildman–Crippen LogP) is 3.39. The number of ketones is 1.